The van der Waals surface area contributed by atoms with E-state index in [1.54, 1.807) is 0 Å². The standard InChI is InChI=1S/C14H31N.C3H8.2ClH/c1-4-5-6-7-8-9-10-11-12-13-14-15(2)3;1-3-2;;/h4-14H2,1-3H3;3H2,1-2H3;2*1H. The van der Waals surface area contributed by atoms with Crippen molar-refractivity contribution in [3.8, 4) is 0 Å². The van der Waals surface area contributed by atoms with Crippen molar-refractivity contribution >= 4 is 24.8 Å². The molecule has 0 rings (SSSR count). The molecule has 1 nitrogen and oxygen atoms in total. The Balaban J connectivity index is -0.000000233. The van der Waals surface area contributed by atoms with Gasteiger partial charge >= 0.3 is 0 Å². The van der Waals surface area contributed by atoms with Crippen molar-refractivity contribution in [1.82, 2.24) is 4.90 Å². The molecule has 0 N–H and O–H groups in total. The van der Waals surface area contributed by atoms with Gasteiger partial charge in [0.05, 0.1) is 0 Å². The Morgan fingerprint density at radius 2 is 0.850 bits per heavy atom. The summed E-state index contributed by atoms with van der Waals surface area (Å²) in [7, 11) is 4.32. The average Bonchev–Trinajstić information content (AvgIpc) is 2.32. The van der Waals surface area contributed by atoms with Crippen molar-refractivity contribution in [3.05, 3.63) is 0 Å². The Kier molecular flexibility index (Phi) is 39.9. The lowest BCUT2D eigenvalue weighted by Crippen LogP contribution is -2.12. The normalized spacial score (nSPS) is 9.30. The van der Waals surface area contributed by atoms with Crippen LogP contribution in [-0.4, -0.2) is 25.5 Å². The summed E-state index contributed by atoms with van der Waals surface area (Å²) in [5.74, 6) is 0. The van der Waals surface area contributed by atoms with Crippen LogP contribution >= 0.6 is 24.8 Å². The molecule has 0 aromatic heterocycles. The molecular weight excluding hydrogens is 289 g/mol. The molecular formula is C17H41Cl2N. The van der Waals surface area contributed by atoms with Gasteiger partial charge in [0.2, 0.25) is 0 Å². The topological polar surface area (TPSA) is 3.24 Å². The summed E-state index contributed by atoms with van der Waals surface area (Å²) in [6.07, 6.45) is 15.6. The minimum Gasteiger partial charge on any atom is -0.309 e. The Bertz CT molecular complexity index is 130. The summed E-state index contributed by atoms with van der Waals surface area (Å²) in [6.45, 7) is 7.79. The average molecular weight is 330 g/mol. The van der Waals surface area contributed by atoms with Crippen LogP contribution in [0.3, 0.4) is 0 Å². The first kappa shape index (κ1) is 28.7. The Labute approximate surface area is 142 Å². The third-order valence-electron chi connectivity index (χ3n) is 2.96. The van der Waals surface area contributed by atoms with Crippen LogP contribution in [0.5, 0.6) is 0 Å². The summed E-state index contributed by atoms with van der Waals surface area (Å²) >= 11 is 0. The third kappa shape index (κ3) is 36.3. The first-order chi connectivity index (χ1) is 8.68. The van der Waals surface area contributed by atoms with Crippen molar-refractivity contribution in [2.75, 3.05) is 20.6 Å². The maximum Gasteiger partial charge on any atom is -0.00248 e. The van der Waals surface area contributed by atoms with Crippen molar-refractivity contribution in [3.63, 3.8) is 0 Å². The molecule has 20 heavy (non-hydrogen) atoms. The summed E-state index contributed by atoms with van der Waals surface area (Å²) in [5.41, 5.74) is 0. The summed E-state index contributed by atoms with van der Waals surface area (Å²) in [5, 5.41) is 0. The predicted octanol–water partition coefficient (Wildman–Crippen LogP) is 6.73. The molecule has 0 aromatic carbocycles. The molecule has 0 saturated heterocycles. The van der Waals surface area contributed by atoms with Gasteiger partial charge in [-0.2, -0.15) is 0 Å². The van der Waals surface area contributed by atoms with E-state index < -0.39 is 0 Å². The number of rotatable bonds is 11. The number of hydrogen-bond acceptors (Lipinski definition) is 1. The van der Waals surface area contributed by atoms with Gasteiger partial charge in [0.15, 0.2) is 0 Å². The second-order valence-corrected chi connectivity index (χ2v) is 5.69. The second-order valence-electron chi connectivity index (χ2n) is 5.69. The highest BCUT2D eigenvalue weighted by Gasteiger charge is 1.93. The number of unbranched alkanes of at least 4 members (excludes halogenated alkanes) is 9. The zero-order valence-electron chi connectivity index (χ0n) is 14.7. The van der Waals surface area contributed by atoms with E-state index in [1.165, 1.54) is 77.2 Å². The van der Waals surface area contributed by atoms with Crippen LogP contribution in [0, 0.1) is 0 Å². The van der Waals surface area contributed by atoms with Crippen LogP contribution in [0.25, 0.3) is 0 Å². The van der Waals surface area contributed by atoms with Crippen LogP contribution in [-0.2, 0) is 0 Å². The first-order valence-electron chi connectivity index (χ1n) is 8.33. The molecule has 0 radical (unpaired) electrons. The predicted molar refractivity (Wildman–Crippen MR) is 101 cm³/mol. The zero-order chi connectivity index (χ0) is 14.1. The minimum absolute atomic E-state index is 0. The van der Waals surface area contributed by atoms with Crippen molar-refractivity contribution in [2.24, 2.45) is 0 Å². The fourth-order valence-electron chi connectivity index (χ4n) is 1.92. The first-order valence-corrected chi connectivity index (χ1v) is 8.33. The molecule has 0 saturated carbocycles. The number of hydrogen-bond donors (Lipinski definition) is 0. The fourth-order valence-corrected chi connectivity index (χ4v) is 1.92. The molecule has 0 heterocycles. The van der Waals surface area contributed by atoms with Gasteiger partial charge in [0.1, 0.15) is 0 Å². The minimum atomic E-state index is 0. The number of halogens is 2. The van der Waals surface area contributed by atoms with Gasteiger partial charge in [-0.15, -0.1) is 24.8 Å². The molecule has 0 spiro atoms. The molecule has 0 aliphatic rings. The van der Waals surface area contributed by atoms with Crippen molar-refractivity contribution in [1.29, 1.82) is 0 Å². The molecule has 0 unspecified atom stereocenters. The fraction of sp³-hybridized carbons (Fsp3) is 1.00. The maximum absolute atomic E-state index is 2.28. The van der Waals surface area contributed by atoms with E-state index in [4.69, 9.17) is 0 Å². The maximum atomic E-state index is 2.28. The molecule has 128 valence electrons. The van der Waals surface area contributed by atoms with E-state index >= 15 is 0 Å². The Hall–Kier alpha value is 0.540. The van der Waals surface area contributed by atoms with E-state index in [0.717, 1.165) is 0 Å². The van der Waals surface area contributed by atoms with E-state index in [2.05, 4.69) is 39.8 Å². The molecule has 0 aromatic rings. The monoisotopic (exact) mass is 329 g/mol. The van der Waals surface area contributed by atoms with Crippen molar-refractivity contribution < 1.29 is 0 Å². The quantitative estimate of drug-likeness (QED) is 0.380. The van der Waals surface area contributed by atoms with Crippen LogP contribution < -0.4 is 0 Å². The molecule has 3 heteroatoms. The molecule has 0 fully saturated rings. The lowest BCUT2D eigenvalue weighted by atomic mass is 10.1. The van der Waals surface area contributed by atoms with E-state index in [0.29, 0.717) is 0 Å². The lowest BCUT2D eigenvalue weighted by molar-refractivity contribution is 0.389. The Morgan fingerprint density at radius 3 is 1.15 bits per heavy atom. The highest BCUT2D eigenvalue weighted by molar-refractivity contribution is 5.85. The van der Waals surface area contributed by atoms with Gasteiger partial charge in [-0.05, 0) is 27.1 Å². The largest absolute Gasteiger partial charge is 0.309 e. The van der Waals surface area contributed by atoms with Crippen molar-refractivity contribution in [2.45, 2.75) is 91.4 Å². The molecule has 0 atom stereocenters. The highest BCUT2D eigenvalue weighted by Crippen LogP contribution is 2.10. The van der Waals surface area contributed by atoms with E-state index in [-0.39, 0.29) is 24.8 Å². The van der Waals surface area contributed by atoms with Crippen LogP contribution in [0.1, 0.15) is 91.4 Å². The summed E-state index contributed by atoms with van der Waals surface area (Å²) in [4.78, 5) is 2.28. The third-order valence-corrected chi connectivity index (χ3v) is 2.96. The molecule has 0 aliphatic carbocycles. The van der Waals surface area contributed by atoms with Crippen LogP contribution in [0.15, 0.2) is 0 Å². The SMILES string of the molecule is CCC.CCCCCCCCCCCCN(C)C.Cl.Cl. The smallest absolute Gasteiger partial charge is 0.00248 e. The van der Waals surface area contributed by atoms with Gasteiger partial charge in [-0.3, -0.25) is 0 Å². The van der Waals surface area contributed by atoms with E-state index in [9.17, 15) is 0 Å². The van der Waals surface area contributed by atoms with Crippen LogP contribution in [0.2, 0.25) is 0 Å². The van der Waals surface area contributed by atoms with Gasteiger partial charge in [0, 0.05) is 0 Å². The molecule has 0 amide bonds. The summed E-state index contributed by atoms with van der Waals surface area (Å²) in [6, 6.07) is 0. The van der Waals surface area contributed by atoms with Gasteiger partial charge in [0.25, 0.3) is 0 Å². The number of nitrogens with zero attached hydrogens (tertiary/aromatic N) is 1. The van der Waals surface area contributed by atoms with Gasteiger partial charge in [-0.1, -0.05) is 85.0 Å². The van der Waals surface area contributed by atoms with Gasteiger partial charge in [-0.25, -0.2) is 0 Å². The second kappa shape index (κ2) is 27.8. The summed E-state index contributed by atoms with van der Waals surface area (Å²) < 4.78 is 0. The Morgan fingerprint density at radius 1 is 0.550 bits per heavy atom. The van der Waals surface area contributed by atoms with Gasteiger partial charge < -0.3 is 4.90 Å². The molecule has 0 bridgehead atoms. The molecule has 0 aliphatic heterocycles. The van der Waals surface area contributed by atoms with Crippen LogP contribution in [0.4, 0.5) is 0 Å². The highest BCUT2D eigenvalue weighted by atomic mass is 35.5. The van der Waals surface area contributed by atoms with E-state index in [1.807, 2.05) is 0 Å². The zero-order valence-corrected chi connectivity index (χ0v) is 16.4. The lowest BCUT2D eigenvalue weighted by Gasteiger charge is -2.08.